The fourth-order valence-electron chi connectivity index (χ4n) is 1.86. The standard InChI is InChI=1S/C11H12ClN3/c1-13-8-4-5-15-9(6-8)10(12)14-11(15)7-2-3-7/h4-7,13H,2-3H2,1H3. The zero-order valence-electron chi connectivity index (χ0n) is 8.50. The van der Waals surface area contributed by atoms with Crippen molar-refractivity contribution < 1.29 is 0 Å². The number of nitrogens with one attached hydrogen (secondary N) is 1. The van der Waals surface area contributed by atoms with Crippen molar-refractivity contribution >= 4 is 22.8 Å². The molecular weight excluding hydrogens is 210 g/mol. The van der Waals surface area contributed by atoms with E-state index in [1.54, 1.807) is 0 Å². The van der Waals surface area contributed by atoms with E-state index in [4.69, 9.17) is 11.6 Å². The van der Waals surface area contributed by atoms with E-state index in [1.165, 1.54) is 12.8 Å². The van der Waals surface area contributed by atoms with Gasteiger partial charge in [0.05, 0.1) is 5.52 Å². The largest absolute Gasteiger partial charge is 0.388 e. The lowest BCUT2D eigenvalue weighted by atomic mass is 10.3. The van der Waals surface area contributed by atoms with Gasteiger partial charge in [0, 0.05) is 24.8 Å². The Morgan fingerprint density at radius 1 is 1.53 bits per heavy atom. The topological polar surface area (TPSA) is 29.3 Å². The fraction of sp³-hybridized carbons (Fsp3) is 0.364. The third kappa shape index (κ3) is 1.38. The summed E-state index contributed by atoms with van der Waals surface area (Å²) in [4.78, 5) is 4.43. The molecule has 1 saturated carbocycles. The number of pyridine rings is 1. The highest BCUT2D eigenvalue weighted by Crippen LogP contribution is 2.40. The molecule has 1 aliphatic rings. The first-order valence-electron chi connectivity index (χ1n) is 5.15. The Kier molecular flexibility index (Phi) is 1.89. The van der Waals surface area contributed by atoms with Gasteiger partial charge in [-0.25, -0.2) is 4.98 Å². The molecule has 0 radical (unpaired) electrons. The van der Waals surface area contributed by atoms with Crippen LogP contribution in [0.4, 0.5) is 5.69 Å². The molecule has 2 heterocycles. The van der Waals surface area contributed by atoms with Crippen LogP contribution in [0.5, 0.6) is 0 Å². The Hall–Kier alpha value is -1.22. The summed E-state index contributed by atoms with van der Waals surface area (Å²) < 4.78 is 2.10. The number of hydrogen-bond donors (Lipinski definition) is 1. The first kappa shape index (κ1) is 9.04. The fourth-order valence-corrected chi connectivity index (χ4v) is 2.09. The summed E-state index contributed by atoms with van der Waals surface area (Å²) in [5.41, 5.74) is 2.05. The summed E-state index contributed by atoms with van der Waals surface area (Å²) >= 11 is 6.12. The summed E-state index contributed by atoms with van der Waals surface area (Å²) in [5, 5.41) is 3.71. The molecule has 0 amide bonds. The predicted molar refractivity (Wildman–Crippen MR) is 61.7 cm³/mol. The summed E-state index contributed by atoms with van der Waals surface area (Å²) in [5.74, 6) is 1.73. The molecule has 0 aromatic carbocycles. The second-order valence-electron chi connectivity index (χ2n) is 3.96. The van der Waals surface area contributed by atoms with Gasteiger partial charge in [-0.15, -0.1) is 0 Å². The molecule has 0 unspecified atom stereocenters. The molecule has 0 atom stereocenters. The van der Waals surface area contributed by atoms with E-state index < -0.39 is 0 Å². The van der Waals surface area contributed by atoms with Crippen molar-refractivity contribution in [2.75, 3.05) is 12.4 Å². The van der Waals surface area contributed by atoms with Gasteiger partial charge in [0.2, 0.25) is 0 Å². The highest BCUT2D eigenvalue weighted by atomic mass is 35.5. The lowest BCUT2D eigenvalue weighted by Crippen LogP contribution is -1.93. The molecule has 3 nitrogen and oxygen atoms in total. The number of aromatic nitrogens is 2. The van der Waals surface area contributed by atoms with Gasteiger partial charge < -0.3 is 9.72 Å². The van der Waals surface area contributed by atoms with Crippen molar-refractivity contribution in [1.29, 1.82) is 0 Å². The Morgan fingerprint density at radius 3 is 3.00 bits per heavy atom. The number of fused-ring (bicyclic) bond motifs is 1. The summed E-state index contributed by atoms with van der Waals surface area (Å²) in [6.45, 7) is 0. The van der Waals surface area contributed by atoms with Crippen LogP contribution in [0.2, 0.25) is 5.15 Å². The van der Waals surface area contributed by atoms with E-state index in [2.05, 4.69) is 14.7 Å². The Labute approximate surface area is 93.1 Å². The molecule has 1 N–H and O–H groups in total. The summed E-state index contributed by atoms with van der Waals surface area (Å²) in [7, 11) is 1.90. The number of hydrogen-bond acceptors (Lipinski definition) is 2. The van der Waals surface area contributed by atoms with Gasteiger partial charge >= 0.3 is 0 Å². The zero-order chi connectivity index (χ0) is 10.4. The molecule has 0 bridgehead atoms. The van der Waals surface area contributed by atoms with E-state index in [0.29, 0.717) is 11.1 Å². The molecule has 2 aromatic heterocycles. The number of nitrogens with zero attached hydrogens (tertiary/aromatic N) is 2. The smallest absolute Gasteiger partial charge is 0.155 e. The number of rotatable bonds is 2. The molecule has 3 rings (SSSR count). The molecule has 0 aliphatic heterocycles. The molecule has 15 heavy (non-hydrogen) atoms. The van der Waals surface area contributed by atoms with Crippen molar-refractivity contribution in [3.8, 4) is 0 Å². The summed E-state index contributed by atoms with van der Waals surface area (Å²) in [6, 6.07) is 4.07. The van der Waals surface area contributed by atoms with Gasteiger partial charge in [0.25, 0.3) is 0 Å². The highest BCUT2D eigenvalue weighted by Gasteiger charge is 2.28. The predicted octanol–water partition coefficient (Wildman–Crippen LogP) is 2.91. The van der Waals surface area contributed by atoms with Crippen molar-refractivity contribution in [2.24, 2.45) is 0 Å². The first-order chi connectivity index (χ1) is 7.29. The van der Waals surface area contributed by atoms with Crippen LogP contribution in [0, 0.1) is 0 Å². The third-order valence-electron chi connectivity index (χ3n) is 2.86. The van der Waals surface area contributed by atoms with Crippen molar-refractivity contribution in [3.63, 3.8) is 0 Å². The van der Waals surface area contributed by atoms with Gasteiger partial charge in [0.15, 0.2) is 5.15 Å². The lowest BCUT2D eigenvalue weighted by molar-refractivity contribution is 0.921. The lowest BCUT2D eigenvalue weighted by Gasteiger charge is -2.02. The van der Waals surface area contributed by atoms with E-state index in [9.17, 15) is 0 Å². The van der Waals surface area contributed by atoms with E-state index >= 15 is 0 Å². The van der Waals surface area contributed by atoms with Gasteiger partial charge in [-0.1, -0.05) is 11.6 Å². The molecular formula is C11H12ClN3. The molecule has 0 spiro atoms. The van der Waals surface area contributed by atoms with Crippen LogP contribution in [-0.2, 0) is 0 Å². The van der Waals surface area contributed by atoms with Crippen molar-refractivity contribution in [2.45, 2.75) is 18.8 Å². The minimum Gasteiger partial charge on any atom is -0.388 e. The molecule has 2 aromatic rings. The molecule has 78 valence electrons. The second kappa shape index (κ2) is 3.14. The number of anilines is 1. The minimum atomic E-state index is 0.606. The van der Waals surface area contributed by atoms with Gasteiger partial charge in [-0.3, -0.25) is 0 Å². The third-order valence-corrected chi connectivity index (χ3v) is 3.14. The van der Waals surface area contributed by atoms with Crippen LogP contribution >= 0.6 is 11.6 Å². The quantitative estimate of drug-likeness (QED) is 0.845. The Morgan fingerprint density at radius 2 is 2.33 bits per heavy atom. The van der Waals surface area contributed by atoms with Crippen molar-refractivity contribution in [3.05, 3.63) is 29.3 Å². The average Bonchev–Trinajstić information content (AvgIpc) is 3.05. The monoisotopic (exact) mass is 221 g/mol. The van der Waals surface area contributed by atoms with Gasteiger partial charge in [-0.05, 0) is 25.0 Å². The Bertz CT molecular complexity index is 514. The Balaban J connectivity index is 2.23. The second-order valence-corrected chi connectivity index (χ2v) is 4.31. The van der Waals surface area contributed by atoms with E-state index in [1.807, 2.05) is 25.4 Å². The maximum Gasteiger partial charge on any atom is 0.155 e. The van der Waals surface area contributed by atoms with Crippen LogP contribution in [0.1, 0.15) is 24.6 Å². The van der Waals surface area contributed by atoms with Gasteiger partial charge in [-0.2, -0.15) is 0 Å². The molecule has 1 fully saturated rings. The summed E-state index contributed by atoms with van der Waals surface area (Å²) in [6.07, 6.45) is 4.51. The first-order valence-corrected chi connectivity index (χ1v) is 5.52. The number of halogens is 1. The highest BCUT2D eigenvalue weighted by molar-refractivity contribution is 6.32. The van der Waals surface area contributed by atoms with Crippen LogP contribution in [0.3, 0.4) is 0 Å². The maximum atomic E-state index is 6.12. The van der Waals surface area contributed by atoms with Crippen LogP contribution in [0.25, 0.3) is 5.52 Å². The minimum absolute atomic E-state index is 0.606. The molecule has 1 aliphatic carbocycles. The molecule has 4 heteroatoms. The average molecular weight is 222 g/mol. The van der Waals surface area contributed by atoms with Crippen LogP contribution in [-0.4, -0.2) is 16.4 Å². The van der Waals surface area contributed by atoms with E-state index in [-0.39, 0.29) is 0 Å². The zero-order valence-corrected chi connectivity index (χ0v) is 9.25. The number of imidazole rings is 1. The molecule has 0 saturated heterocycles. The maximum absolute atomic E-state index is 6.12. The SMILES string of the molecule is CNc1ccn2c(C3CC3)nc(Cl)c2c1. The normalized spacial score (nSPS) is 15.9. The van der Waals surface area contributed by atoms with Crippen LogP contribution in [0.15, 0.2) is 18.3 Å². The van der Waals surface area contributed by atoms with Gasteiger partial charge in [0.1, 0.15) is 5.82 Å². The van der Waals surface area contributed by atoms with E-state index in [0.717, 1.165) is 17.0 Å². The van der Waals surface area contributed by atoms with Crippen LogP contribution < -0.4 is 5.32 Å². The van der Waals surface area contributed by atoms with Crippen molar-refractivity contribution in [1.82, 2.24) is 9.38 Å².